The smallest absolute Gasteiger partial charge is 0.328 e. The molecule has 3 aromatic carbocycles. The van der Waals surface area contributed by atoms with Gasteiger partial charge >= 0.3 is 5.97 Å². The number of benzene rings is 3. The Bertz CT molecular complexity index is 1430. The zero-order valence-corrected chi connectivity index (χ0v) is 18.9. The predicted molar refractivity (Wildman–Crippen MR) is 136 cm³/mol. The molecule has 0 amide bonds. The van der Waals surface area contributed by atoms with Crippen molar-refractivity contribution in [2.24, 2.45) is 5.84 Å². The standard InChI is InChI=1S/C25H20ClFN6O2/c26-19-13-17(9-10-20(19)27)31-25-30-14-18(16-5-3-4-15(12-16)8-11-23(34)35)24(32-25)33(29)22-7-2-1-6-21(22)28/h1-14H,28-29H2,(H,34,35)(H,30,31,32)/b11-8+. The maximum Gasteiger partial charge on any atom is 0.328 e. The Morgan fingerprint density at radius 3 is 2.66 bits per heavy atom. The van der Waals surface area contributed by atoms with Crippen LogP contribution in [0.1, 0.15) is 5.56 Å². The van der Waals surface area contributed by atoms with E-state index in [9.17, 15) is 9.18 Å². The maximum absolute atomic E-state index is 13.5. The molecule has 176 valence electrons. The largest absolute Gasteiger partial charge is 0.478 e. The van der Waals surface area contributed by atoms with Crippen molar-refractivity contribution >= 4 is 52.5 Å². The molecular formula is C25H20ClFN6O2. The van der Waals surface area contributed by atoms with E-state index in [1.165, 1.54) is 29.3 Å². The molecule has 4 aromatic rings. The molecule has 1 aromatic heterocycles. The van der Waals surface area contributed by atoms with Crippen LogP contribution < -0.4 is 21.9 Å². The molecule has 0 atom stereocenters. The van der Waals surface area contributed by atoms with E-state index >= 15 is 0 Å². The Morgan fingerprint density at radius 1 is 1.11 bits per heavy atom. The van der Waals surface area contributed by atoms with E-state index < -0.39 is 11.8 Å². The average Bonchev–Trinajstić information content (AvgIpc) is 2.85. The number of para-hydroxylation sites is 2. The number of aromatic nitrogens is 2. The van der Waals surface area contributed by atoms with Crippen molar-refractivity contribution in [3.63, 3.8) is 0 Å². The normalized spacial score (nSPS) is 10.9. The van der Waals surface area contributed by atoms with Gasteiger partial charge in [-0.2, -0.15) is 4.98 Å². The van der Waals surface area contributed by atoms with E-state index in [0.717, 1.165) is 6.08 Å². The monoisotopic (exact) mass is 490 g/mol. The van der Waals surface area contributed by atoms with Gasteiger partial charge in [-0.25, -0.2) is 20.0 Å². The number of nitrogens with zero attached hydrogens (tertiary/aromatic N) is 3. The summed E-state index contributed by atoms with van der Waals surface area (Å²) < 4.78 is 13.5. The first kappa shape index (κ1) is 23.7. The Balaban J connectivity index is 1.80. The molecule has 0 saturated carbocycles. The van der Waals surface area contributed by atoms with Gasteiger partial charge in [0.05, 0.1) is 16.4 Å². The van der Waals surface area contributed by atoms with Gasteiger partial charge in [0.15, 0.2) is 5.82 Å². The molecule has 0 aliphatic carbocycles. The molecule has 0 saturated heterocycles. The van der Waals surface area contributed by atoms with Crippen LogP contribution in [-0.2, 0) is 4.79 Å². The van der Waals surface area contributed by atoms with Crippen LogP contribution in [0.5, 0.6) is 0 Å². The first-order valence-corrected chi connectivity index (χ1v) is 10.7. The summed E-state index contributed by atoms with van der Waals surface area (Å²) in [5, 5.41) is 13.2. The lowest BCUT2D eigenvalue weighted by Gasteiger charge is -2.23. The van der Waals surface area contributed by atoms with Gasteiger partial charge < -0.3 is 16.2 Å². The SMILES string of the molecule is Nc1ccccc1N(N)c1nc(Nc2ccc(F)c(Cl)c2)ncc1-c1cccc(/C=C/C(=O)O)c1. The number of hydrogen-bond acceptors (Lipinski definition) is 7. The number of aliphatic carboxylic acids is 1. The van der Waals surface area contributed by atoms with Crippen LogP contribution >= 0.6 is 11.6 Å². The van der Waals surface area contributed by atoms with Gasteiger partial charge in [-0.15, -0.1) is 0 Å². The van der Waals surface area contributed by atoms with Crippen LogP contribution in [0.3, 0.4) is 0 Å². The number of hydrazine groups is 1. The quantitative estimate of drug-likeness (QED) is 0.118. The van der Waals surface area contributed by atoms with Gasteiger partial charge in [-0.1, -0.05) is 41.9 Å². The van der Waals surface area contributed by atoms with E-state index in [0.29, 0.717) is 39.6 Å². The molecular weight excluding hydrogens is 471 g/mol. The lowest BCUT2D eigenvalue weighted by Crippen LogP contribution is -2.28. The van der Waals surface area contributed by atoms with Crippen molar-refractivity contribution in [3.8, 4) is 11.1 Å². The minimum Gasteiger partial charge on any atom is -0.478 e. The highest BCUT2D eigenvalue weighted by molar-refractivity contribution is 6.31. The highest BCUT2D eigenvalue weighted by atomic mass is 35.5. The Morgan fingerprint density at radius 2 is 1.91 bits per heavy atom. The third-order valence-electron chi connectivity index (χ3n) is 4.98. The summed E-state index contributed by atoms with van der Waals surface area (Å²) in [6, 6.07) is 18.4. The third-order valence-corrected chi connectivity index (χ3v) is 5.27. The lowest BCUT2D eigenvalue weighted by atomic mass is 10.0. The van der Waals surface area contributed by atoms with Crippen LogP contribution in [0.15, 0.2) is 79.0 Å². The fraction of sp³-hybridized carbons (Fsp3) is 0. The number of carbonyl (C=O) groups is 1. The summed E-state index contributed by atoms with van der Waals surface area (Å²) in [5.74, 6) is 5.40. The van der Waals surface area contributed by atoms with Crippen LogP contribution in [-0.4, -0.2) is 21.0 Å². The van der Waals surface area contributed by atoms with Crippen LogP contribution in [0, 0.1) is 5.82 Å². The molecule has 0 fully saturated rings. The molecule has 0 spiro atoms. The molecule has 0 radical (unpaired) electrons. The number of hydrogen-bond donors (Lipinski definition) is 4. The summed E-state index contributed by atoms with van der Waals surface area (Å²) in [6.45, 7) is 0. The Kier molecular flexibility index (Phi) is 6.91. The number of halogens is 2. The second-order valence-corrected chi connectivity index (χ2v) is 7.82. The summed E-state index contributed by atoms with van der Waals surface area (Å²) >= 11 is 5.88. The van der Waals surface area contributed by atoms with Crippen molar-refractivity contribution < 1.29 is 14.3 Å². The Hall–Kier alpha value is -4.47. The maximum atomic E-state index is 13.5. The molecule has 0 aliphatic rings. The molecule has 0 bridgehead atoms. The van der Waals surface area contributed by atoms with Crippen LogP contribution in [0.25, 0.3) is 17.2 Å². The van der Waals surface area contributed by atoms with Crippen molar-refractivity contribution in [3.05, 3.63) is 95.4 Å². The van der Waals surface area contributed by atoms with Gasteiger partial charge in [0.2, 0.25) is 5.95 Å². The lowest BCUT2D eigenvalue weighted by molar-refractivity contribution is -0.131. The highest BCUT2D eigenvalue weighted by Gasteiger charge is 2.18. The molecule has 4 rings (SSSR count). The number of nitrogen functional groups attached to an aromatic ring is 1. The van der Waals surface area contributed by atoms with Crippen LogP contribution in [0.2, 0.25) is 5.02 Å². The number of carboxylic acid groups (broad SMARTS) is 1. The van der Waals surface area contributed by atoms with E-state index in [2.05, 4.69) is 15.3 Å². The first-order valence-electron chi connectivity index (χ1n) is 10.3. The summed E-state index contributed by atoms with van der Waals surface area (Å²) in [6.07, 6.45) is 4.11. The molecule has 0 unspecified atom stereocenters. The number of nitrogens with two attached hydrogens (primary N) is 2. The summed E-state index contributed by atoms with van der Waals surface area (Å²) in [5.41, 5.74) is 9.53. The van der Waals surface area contributed by atoms with E-state index in [1.54, 1.807) is 48.7 Å². The predicted octanol–water partition coefficient (Wildman–Crippen LogP) is 5.37. The molecule has 1 heterocycles. The van der Waals surface area contributed by atoms with Crippen molar-refractivity contribution in [1.29, 1.82) is 0 Å². The molecule has 8 nitrogen and oxygen atoms in total. The second kappa shape index (κ2) is 10.2. The fourth-order valence-corrected chi connectivity index (χ4v) is 3.50. The zero-order chi connectivity index (χ0) is 24.9. The van der Waals surface area contributed by atoms with E-state index in [1.807, 2.05) is 6.07 Å². The number of nitrogens with one attached hydrogen (secondary N) is 1. The van der Waals surface area contributed by atoms with Crippen molar-refractivity contribution in [2.75, 3.05) is 16.1 Å². The molecule has 35 heavy (non-hydrogen) atoms. The van der Waals surface area contributed by atoms with Gasteiger partial charge in [-0.05, 0) is 53.6 Å². The zero-order valence-electron chi connectivity index (χ0n) is 18.2. The van der Waals surface area contributed by atoms with Gasteiger partial charge in [-0.3, -0.25) is 5.01 Å². The molecule has 0 aliphatic heterocycles. The molecule has 10 heteroatoms. The van der Waals surface area contributed by atoms with Gasteiger partial charge in [0.1, 0.15) is 5.82 Å². The average molecular weight is 491 g/mol. The van der Waals surface area contributed by atoms with E-state index in [-0.39, 0.29) is 11.0 Å². The highest BCUT2D eigenvalue weighted by Crippen LogP contribution is 2.35. The van der Waals surface area contributed by atoms with Crippen molar-refractivity contribution in [1.82, 2.24) is 9.97 Å². The van der Waals surface area contributed by atoms with Crippen LogP contribution in [0.4, 0.5) is 33.2 Å². The second-order valence-electron chi connectivity index (χ2n) is 7.41. The molecule has 6 N–H and O–H groups in total. The number of carboxylic acids is 1. The minimum atomic E-state index is -1.05. The Labute approximate surface area is 205 Å². The fourth-order valence-electron chi connectivity index (χ4n) is 3.32. The number of anilines is 5. The summed E-state index contributed by atoms with van der Waals surface area (Å²) in [7, 11) is 0. The summed E-state index contributed by atoms with van der Waals surface area (Å²) in [4.78, 5) is 19.9. The van der Waals surface area contributed by atoms with E-state index in [4.69, 9.17) is 28.3 Å². The third kappa shape index (κ3) is 5.55. The number of rotatable bonds is 7. The minimum absolute atomic E-state index is 0.0458. The first-order chi connectivity index (χ1) is 16.8. The van der Waals surface area contributed by atoms with Gasteiger partial charge in [0.25, 0.3) is 0 Å². The van der Waals surface area contributed by atoms with Gasteiger partial charge in [0, 0.05) is 23.5 Å². The topological polar surface area (TPSA) is 130 Å². The van der Waals surface area contributed by atoms with Crippen molar-refractivity contribution in [2.45, 2.75) is 0 Å².